The van der Waals surface area contributed by atoms with E-state index in [2.05, 4.69) is 22.3 Å². The highest BCUT2D eigenvalue weighted by molar-refractivity contribution is 6.33. The Hall–Kier alpha value is -2.99. The molecule has 1 fully saturated rings. The van der Waals surface area contributed by atoms with E-state index in [0.29, 0.717) is 41.1 Å². The molecular weight excluding hydrogens is 486 g/mol. The van der Waals surface area contributed by atoms with E-state index in [1.165, 1.54) is 6.07 Å². The van der Waals surface area contributed by atoms with Gasteiger partial charge in [-0.1, -0.05) is 59.6 Å². The first-order chi connectivity index (χ1) is 17.1. The second kappa shape index (κ2) is 10.7. The number of rotatable bonds is 7. The first-order valence-corrected chi connectivity index (χ1v) is 12.3. The standard InChI is InChI=1S/C28H25Cl2FN2O2/c29-24-6-3-7-26(31)23(24)18-35-28-11-8-19-4-1-2-5-21(19)22(28)17-32-20-9-10-27(25(30)16-20)33-12-14-34-15-13-33/h1-11,16,32H,12-15,17-18H2. The summed E-state index contributed by atoms with van der Waals surface area (Å²) in [4.78, 5) is 2.24. The quantitative estimate of drug-likeness (QED) is 0.282. The second-order valence-corrected chi connectivity index (χ2v) is 9.19. The van der Waals surface area contributed by atoms with Gasteiger partial charge in [0, 0.05) is 36.4 Å². The summed E-state index contributed by atoms with van der Waals surface area (Å²) in [5, 5.41) is 6.68. The molecule has 0 bridgehead atoms. The number of nitrogens with zero attached hydrogens (tertiary/aromatic N) is 1. The Labute approximate surface area is 214 Å². The smallest absolute Gasteiger partial charge is 0.131 e. The van der Waals surface area contributed by atoms with Crippen molar-refractivity contribution in [2.45, 2.75) is 13.2 Å². The summed E-state index contributed by atoms with van der Waals surface area (Å²) in [5.41, 5.74) is 3.23. The summed E-state index contributed by atoms with van der Waals surface area (Å²) in [6.45, 7) is 3.62. The number of fused-ring (bicyclic) bond motifs is 1. The van der Waals surface area contributed by atoms with Crippen LogP contribution in [0.5, 0.6) is 5.75 Å². The maximum absolute atomic E-state index is 14.3. The van der Waals surface area contributed by atoms with E-state index in [4.69, 9.17) is 32.7 Å². The van der Waals surface area contributed by atoms with Crippen molar-refractivity contribution in [2.75, 3.05) is 36.5 Å². The molecule has 35 heavy (non-hydrogen) atoms. The van der Waals surface area contributed by atoms with E-state index < -0.39 is 0 Å². The third-order valence-corrected chi connectivity index (χ3v) is 6.86. The van der Waals surface area contributed by atoms with Gasteiger partial charge in [0.2, 0.25) is 0 Å². The maximum atomic E-state index is 14.3. The van der Waals surface area contributed by atoms with Gasteiger partial charge in [-0.3, -0.25) is 0 Å². The van der Waals surface area contributed by atoms with Gasteiger partial charge >= 0.3 is 0 Å². The van der Waals surface area contributed by atoms with Gasteiger partial charge in [0.25, 0.3) is 0 Å². The van der Waals surface area contributed by atoms with Gasteiger partial charge in [0.1, 0.15) is 18.2 Å². The van der Waals surface area contributed by atoms with E-state index in [1.807, 2.05) is 42.5 Å². The molecule has 1 aliphatic rings. The molecule has 4 nitrogen and oxygen atoms in total. The minimum absolute atomic E-state index is 0.0386. The number of hydrogen-bond donors (Lipinski definition) is 1. The van der Waals surface area contributed by atoms with Crippen LogP contribution in [-0.4, -0.2) is 26.3 Å². The molecule has 0 unspecified atom stereocenters. The number of nitrogens with one attached hydrogen (secondary N) is 1. The zero-order chi connectivity index (χ0) is 24.2. The molecule has 0 atom stereocenters. The van der Waals surface area contributed by atoms with Gasteiger partial charge in [-0.2, -0.15) is 0 Å². The Balaban J connectivity index is 1.38. The summed E-state index contributed by atoms with van der Waals surface area (Å²) in [6.07, 6.45) is 0. The van der Waals surface area contributed by atoms with Crippen LogP contribution in [0.2, 0.25) is 10.0 Å². The Morgan fingerprint density at radius 3 is 2.51 bits per heavy atom. The lowest BCUT2D eigenvalue weighted by Gasteiger charge is -2.29. The van der Waals surface area contributed by atoms with Crippen LogP contribution in [0.4, 0.5) is 15.8 Å². The number of benzene rings is 4. The van der Waals surface area contributed by atoms with Crippen molar-refractivity contribution in [3.05, 3.63) is 99.8 Å². The average Bonchev–Trinajstić information content (AvgIpc) is 2.88. The fourth-order valence-electron chi connectivity index (χ4n) is 4.32. The van der Waals surface area contributed by atoms with Crippen LogP contribution < -0.4 is 15.0 Å². The minimum atomic E-state index is -0.382. The second-order valence-electron chi connectivity index (χ2n) is 8.37. The summed E-state index contributed by atoms with van der Waals surface area (Å²) in [7, 11) is 0. The van der Waals surface area contributed by atoms with E-state index in [-0.39, 0.29) is 12.4 Å². The molecule has 7 heteroatoms. The van der Waals surface area contributed by atoms with Crippen LogP contribution in [0.15, 0.2) is 72.8 Å². The van der Waals surface area contributed by atoms with Crippen LogP contribution >= 0.6 is 23.2 Å². The normalized spacial score (nSPS) is 13.7. The largest absolute Gasteiger partial charge is 0.488 e. The lowest BCUT2D eigenvalue weighted by molar-refractivity contribution is 0.122. The first-order valence-electron chi connectivity index (χ1n) is 11.5. The highest BCUT2D eigenvalue weighted by atomic mass is 35.5. The molecule has 0 amide bonds. The number of hydrogen-bond acceptors (Lipinski definition) is 4. The molecular formula is C28H25Cl2FN2O2. The first kappa shape index (κ1) is 23.7. The van der Waals surface area contributed by atoms with Crippen molar-refractivity contribution in [1.82, 2.24) is 0 Å². The molecule has 5 rings (SSSR count). The molecule has 0 aliphatic carbocycles. The molecule has 0 spiro atoms. The predicted octanol–water partition coefficient (Wildman–Crippen LogP) is 7.31. The van der Waals surface area contributed by atoms with Gasteiger partial charge in [-0.05, 0) is 47.2 Å². The zero-order valence-corrected chi connectivity index (χ0v) is 20.6. The molecule has 4 aromatic carbocycles. The zero-order valence-electron chi connectivity index (χ0n) is 19.1. The average molecular weight is 511 g/mol. The number of halogens is 3. The van der Waals surface area contributed by atoms with Gasteiger partial charge in [-0.15, -0.1) is 0 Å². The van der Waals surface area contributed by atoms with Gasteiger partial charge in [-0.25, -0.2) is 4.39 Å². The van der Waals surface area contributed by atoms with E-state index in [9.17, 15) is 4.39 Å². The van der Waals surface area contributed by atoms with E-state index in [0.717, 1.165) is 40.8 Å². The Kier molecular flexibility index (Phi) is 7.28. The monoisotopic (exact) mass is 510 g/mol. The third kappa shape index (κ3) is 5.32. The number of morpholine rings is 1. The Morgan fingerprint density at radius 1 is 0.886 bits per heavy atom. The molecule has 0 aromatic heterocycles. The Bertz CT molecular complexity index is 1320. The molecule has 4 aromatic rings. The summed E-state index contributed by atoms with van der Waals surface area (Å²) in [5.74, 6) is 0.291. The fourth-order valence-corrected chi connectivity index (χ4v) is 4.84. The van der Waals surface area contributed by atoms with Crippen LogP contribution in [0.3, 0.4) is 0 Å². The maximum Gasteiger partial charge on any atom is 0.131 e. The van der Waals surface area contributed by atoms with Crippen molar-refractivity contribution in [3.63, 3.8) is 0 Å². The van der Waals surface area contributed by atoms with Crippen LogP contribution in [0.25, 0.3) is 10.8 Å². The predicted molar refractivity (Wildman–Crippen MR) is 142 cm³/mol. The highest BCUT2D eigenvalue weighted by Crippen LogP contribution is 2.33. The molecule has 1 N–H and O–H groups in total. The summed E-state index contributed by atoms with van der Waals surface area (Å²) >= 11 is 12.8. The molecule has 180 valence electrons. The van der Waals surface area contributed by atoms with Gasteiger partial charge < -0.3 is 19.7 Å². The lowest BCUT2D eigenvalue weighted by atomic mass is 10.0. The molecule has 0 saturated carbocycles. The van der Waals surface area contributed by atoms with E-state index >= 15 is 0 Å². The lowest BCUT2D eigenvalue weighted by Crippen LogP contribution is -2.36. The molecule has 1 aliphatic heterocycles. The van der Waals surface area contributed by atoms with Crippen molar-refractivity contribution in [2.24, 2.45) is 0 Å². The van der Waals surface area contributed by atoms with Crippen LogP contribution in [0.1, 0.15) is 11.1 Å². The van der Waals surface area contributed by atoms with Crippen molar-refractivity contribution >= 4 is 45.3 Å². The van der Waals surface area contributed by atoms with Crippen LogP contribution in [-0.2, 0) is 17.9 Å². The SMILES string of the molecule is Fc1cccc(Cl)c1COc1ccc2ccccc2c1CNc1ccc(N2CCOCC2)c(Cl)c1. The van der Waals surface area contributed by atoms with E-state index in [1.54, 1.807) is 12.1 Å². The topological polar surface area (TPSA) is 33.7 Å². The van der Waals surface area contributed by atoms with Crippen molar-refractivity contribution in [3.8, 4) is 5.75 Å². The van der Waals surface area contributed by atoms with Crippen molar-refractivity contribution < 1.29 is 13.9 Å². The van der Waals surface area contributed by atoms with Gasteiger partial charge in [0.15, 0.2) is 0 Å². The fraction of sp³-hybridized carbons (Fsp3) is 0.214. The Morgan fingerprint density at radius 2 is 1.71 bits per heavy atom. The molecule has 1 heterocycles. The molecule has 1 saturated heterocycles. The highest BCUT2D eigenvalue weighted by Gasteiger charge is 2.16. The van der Waals surface area contributed by atoms with Crippen molar-refractivity contribution in [1.29, 1.82) is 0 Å². The minimum Gasteiger partial charge on any atom is -0.488 e. The summed E-state index contributed by atoms with van der Waals surface area (Å²) < 4.78 is 25.8. The number of ether oxygens (including phenoxy) is 2. The van der Waals surface area contributed by atoms with Crippen LogP contribution in [0, 0.1) is 5.82 Å². The number of anilines is 2. The molecule has 0 radical (unpaired) electrons. The van der Waals surface area contributed by atoms with Gasteiger partial charge in [0.05, 0.1) is 28.9 Å². The summed E-state index contributed by atoms with van der Waals surface area (Å²) in [6, 6.07) is 22.7. The third-order valence-electron chi connectivity index (χ3n) is 6.20.